The van der Waals surface area contributed by atoms with E-state index in [0.717, 1.165) is 4.90 Å². The van der Waals surface area contributed by atoms with Gasteiger partial charge in [0.1, 0.15) is 0 Å². The molecule has 0 aliphatic carbocycles. The maximum atomic E-state index is 12.2. The van der Waals surface area contributed by atoms with Gasteiger partial charge in [-0.25, -0.2) is 0 Å². The Morgan fingerprint density at radius 3 is 2.42 bits per heavy atom. The molecule has 4 heteroatoms. The molecule has 1 atom stereocenters. The topological polar surface area (TPSA) is 29.1 Å². The smallest absolute Gasteiger partial charge is 0.251 e. The Morgan fingerprint density at radius 2 is 1.89 bits per heavy atom. The van der Waals surface area contributed by atoms with Crippen molar-refractivity contribution in [1.29, 1.82) is 0 Å². The molecule has 1 amide bonds. The van der Waals surface area contributed by atoms with E-state index in [9.17, 15) is 4.79 Å². The third-order valence-corrected chi connectivity index (χ3v) is 4.19. The molecule has 2 rings (SSSR count). The lowest BCUT2D eigenvalue weighted by Crippen LogP contribution is -2.31. The Morgan fingerprint density at radius 1 is 1.21 bits per heavy atom. The number of rotatable bonds is 4. The van der Waals surface area contributed by atoms with Crippen LogP contribution in [0.15, 0.2) is 46.7 Å². The van der Waals surface area contributed by atoms with Crippen LogP contribution in [0.1, 0.15) is 35.1 Å². The molecule has 1 unspecified atom stereocenters. The first-order valence-electron chi connectivity index (χ1n) is 6.21. The molecule has 2 aromatic rings. The number of hydrogen-bond acceptors (Lipinski definition) is 3. The van der Waals surface area contributed by atoms with Crippen molar-refractivity contribution < 1.29 is 4.79 Å². The zero-order chi connectivity index (χ0) is 13.8. The van der Waals surface area contributed by atoms with Gasteiger partial charge in [-0.3, -0.25) is 4.79 Å². The van der Waals surface area contributed by atoms with Gasteiger partial charge in [0, 0.05) is 15.3 Å². The SMILES string of the molecule is CC(C)C(NC(=O)c1ccc(S)cc1)c1cccs1. The average molecular weight is 291 g/mol. The van der Waals surface area contributed by atoms with Crippen molar-refractivity contribution in [2.24, 2.45) is 5.92 Å². The number of hydrogen-bond donors (Lipinski definition) is 2. The molecular weight excluding hydrogens is 274 g/mol. The van der Waals surface area contributed by atoms with E-state index in [4.69, 9.17) is 0 Å². The molecule has 1 aromatic carbocycles. The normalized spacial score (nSPS) is 12.4. The summed E-state index contributed by atoms with van der Waals surface area (Å²) in [5.41, 5.74) is 0.667. The summed E-state index contributed by atoms with van der Waals surface area (Å²) in [6.45, 7) is 4.23. The zero-order valence-corrected chi connectivity index (χ0v) is 12.7. The minimum Gasteiger partial charge on any atom is -0.344 e. The van der Waals surface area contributed by atoms with Crippen molar-refractivity contribution in [3.05, 3.63) is 52.2 Å². The number of nitrogens with one attached hydrogen (secondary N) is 1. The molecule has 19 heavy (non-hydrogen) atoms. The third kappa shape index (κ3) is 3.61. The standard InChI is InChI=1S/C15H17NOS2/c1-10(2)14(13-4-3-9-19-13)16-15(17)11-5-7-12(18)8-6-11/h3-10,14,18H,1-2H3,(H,16,17). The monoisotopic (exact) mass is 291 g/mol. The van der Waals surface area contributed by atoms with E-state index < -0.39 is 0 Å². The highest BCUT2D eigenvalue weighted by Crippen LogP contribution is 2.26. The van der Waals surface area contributed by atoms with Crippen molar-refractivity contribution in [3.63, 3.8) is 0 Å². The second-order valence-electron chi connectivity index (χ2n) is 4.76. The second kappa shape index (κ2) is 6.26. The van der Waals surface area contributed by atoms with Gasteiger partial charge in [0.05, 0.1) is 6.04 Å². The summed E-state index contributed by atoms with van der Waals surface area (Å²) in [5.74, 6) is 0.312. The van der Waals surface area contributed by atoms with Crippen molar-refractivity contribution in [2.75, 3.05) is 0 Å². The number of carbonyl (C=O) groups is 1. The fourth-order valence-electron chi connectivity index (χ4n) is 1.87. The second-order valence-corrected chi connectivity index (χ2v) is 6.25. The van der Waals surface area contributed by atoms with Gasteiger partial charge in [-0.15, -0.1) is 24.0 Å². The first-order valence-corrected chi connectivity index (χ1v) is 7.54. The summed E-state index contributed by atoms with van der Waals surface area (Å²) >= 11 is 5.89. The van der Waals surface area contributed by atoms with Crippen LogP contribution < -0.4 is 5.32 Å². The maximum absolute atomic E-state index is 12.2. The van der Waals surface area contributed by atoms with Gasteiger partial charge >= 0.3 is 0 Å². The quantitative estimate of drug-likeness (QED) is 0.814. The van der Waals surface area contributed by atoms with Crippen LogP contribution in [0.3, 0.4) is 0 Å². The van der Waals surface area contributed by atoms with Crippen LogP contribution in [0.5, 0.6) is 0 Å². The molecule has 0 aliphatic heterocycles. The first kappa shape index (κ1) is 14.2. The average Bonchev–Trinajstić information content (AvgIpc) is 2.89. The molecule has 100 valence electrons. The molecule has 0 saturated heterocycles. The van der Waals surface area contributed by atoms with E-state index in [1.165, 1.54) is 4.88 Å². The van der Waals surface area contributed by atoms with Gasteiger partial charge in [0.15, 0.2) is 0 Å². The molecule has 0 aliphatic rings. The Hall–Kier alpha value is -1.26. The van der Waals surface area contributed by atoms with Crippen molar-refractivity contribution in [3.8, 4) is 0 Å². The minimum atomic E-state index is -0.0413. The molecule has 0 radical (unpaired) electrons. The number of carbonyl (C=O) groups excluding carboxylic acids is 1. The van der Waals surface area contributed by atoms with Gasteiger partial charge in [0.2, 0.25) is 0 Å². The molecule has 1 aromatic heterocycles. The summed E-state index contributed by atoms with van der Waals surface area (Å²) in [4.78, 5) is 14.3. The summed E-state index contributed by atoms with van der Waals surface area (Å²) < 4.78 is 0. The van der Waals surface area contributed by atoms with Crippen LogP contribution in [-0.2, 0) is 0 Å². The molecular formula is C15H17NOS2. The number of thiophene rings is 1. The highest BCUT2D eigenvalue weighted by molar-refractivity contribution is 7.80. The van der Waals surface area contributed by atoms with Gasteiger partial charge in [-0.2, -0.15) is 0 Å². The molecule has 2 nitrogen and oxygen atoms in total. The highest BCUT2D eigenvalue weighted by Gasteiger charge is 2.19. The highest BCUT2D eigenvalue weighted by atomic mass is 32.1. The third-order valence-electron chi connectivity index (χ3n) is 2.93. The van der Waals surface area contributed by atoms with E-state index in [2.05, 4.69) is 37.9 Å². The Balaban J connectivity index is 2.14. The van der Waals surface area contributed by atoms with E-state index in [0.29, 0.717) is 11.5 Å². The predicted molar refractivity (Wildman–Crippen MR) is 83.1 cm³/mol. The van der Waals surface area contributed by atoms with Gasteiger partial charge in [-0.05, 0) is 41.6 Å². The summed E-state index contributed by atoms with van der Waals surface area (Å²) in [6, 6.07) is 11.4. The van der Waals surface area contributed by atoms with Gasteiger partial charge in [-0.1, -0.05) is 19.9 Å². The fourth-order valence-corrected chi connectivity index (χ4v) is 2.97. The molecule has 0 fully saturated rings. The Labute approximate surface area is 123 Å². The number of thiol groups is 1. The van der Waals surface area contributed by atoms with Crippen molar-refractivity contribution in [2.45, 2.75) is 24.8 Å². The van der Waals surface area contributed by atoms with E-state index >= 15 is 0 Å². The Bertz CT molecular complexity index is 532. The predicted octanol–water partition coefficient (Wildman–Crippen LogP) is 4.16. The minimum absolute atomic E-state index is 0.0413. The molecule has 0 saturated carbocycles. The molecule has 0 spiro atoms. The van der Waals surface area contributed by atoms with Crippen molar-refractivity contribution >= 4 is 29.9 Å². The van der Waals surface area contributed by atoms with Crippen LogP contribution in [0.2, 0.25) is 0 Å². The molecule has 1 N–H and O–H groups in total. The largest absolute Gasteiger partial charge is 0.344 e. The lowest BCUT2D eigenvalue weighted by molar-refractivity contribution is 0.0926. The fraction of sp³-hybridized carbons (Fsp3) is 0.267. The van der Waals surface area contributed by atoms with E-state index in [1.54, 1.807) is 23.5 Å². The van der Waals surface area contributed by atoms with Crippen molar-refractivity contribution in [1.82, 2.24) is 5.32 Å². The summed E-state index contributed by atoms with van der Waals surface area (Å²) in [6.07, 6.45) is 0. The van der Waals surface area contributed by atoms with E-state index in [1.807, 2.05) is 23.6 Å². The summed E-state index contributed by atoms with van der Waals surface area (Å²) in [7, 11) is 0. The number of amides is 1. The van der Waals surface area contributed by atoms with E-state index in [-0.39, 0.29) is 11.9 Å². The molecule has 1 heterocycles. The Kier molecular flexibility index (Phi) is 4.66. The lowest BCUT2D eigenvalue weighted by Gasteiger charge is -2.21. The lowest BCUT2D eigenvalue weighted by atomic mass is 10.0. The molecule has 0 bridgehead atoms. The van der Waals surface area contributed by atoms with Crippen LogP contribution in [0.25, 0.3) is 0 Å². The van der Waals surface area contributed by atoms with Gasteiger partial charge in [0.25, 0.3) is 5.91 Å². The van der Waals surface area contributed by atoms with Crippen LogP contribution >= 0.6 is 24.0 Å². The zero-order valence-electron chi connectivity index (χ0n) is 11.0. The van der Waals surface area contributed by atoms with Crippen LogP contribution in [0, 0.1) is 5.92 Å². The number of benzene rings is 1. The van der Waals surface area contributed by atoms with Gasteiger partial charge < -0.3 is 5.32 Å². The van der Waals surface area contributed by atoms with Crippen LogP contribution in [0.4, 0.5) is 0 Å². The first-order chi connectivity index (χ1) is 9.08. The van der Waals surface area contributed by atoms with Crippen LogP contribution in [-0.4, -0.2) is 5.91 Å². The maximum Gasteiger partial charge on any atom is 0.251 e. The summed E-state index contributed by atoms with van der Waals surface area (Å²) in [5, 5.41) is 5.14.